The van der Waals surface area contributed by atoms with Crippen molar-refractivity contribution in [3.8, 4) is 0 Å². The topological polar surface area (TPSA) is 87.7 Å². The van der Waals surface area contributed by atoms with Crippen LogP contribution < -0.4 is 11.1 Å². The van der Waals surface area contributed by atoms with E-state index in [0.29, 0.717) is 19.4 Å². The Kier molecular flexibility index (Phi) is 6.49. The van der Waals surface area contributed by atoms with Gasteiger partial charge in [-0.2, -0.15) is 0 Å². The second-order valence-electron chi connectivity index (χ2n) is 4.53. The predicted molar refractivity (Wildman–Crippen MR) is 74.9 cm³/mol. The molecule has 0 saturated carbocycles. The van der Waals surface area contributed by atoms with Crippen LogP contribution in [0, 0.1) is 11.7 Å². The fourth-order valence-electron chi connectivity index (χ4n) is 1.88. The first-order valence-electron chi connectivity index (χ1n) is 6.58. The monoisotopic (exact) mass is 281 g/mol. The van der Waals surface area contributed by atoms with Crippen LogP contribution in [0.15, 0.2) is 29.4 Å². The van der Waals surface area contributed by atoms with E-state index in [2.05, 4.69) is 10.5 Å². The van der Waals surface area contributed by atoms with Crippen LogP contribution in [0.1, 0.15) is 25.3 Å². The van der Waals surface area contributed by atoms with Crippen LogP contribution in [-0.2, 0) is 11.2 Å². The van der Waals surface area contributed by atoms with Gasteiger partial charge < -0.3 is 16.3 Å². The molecule has 4 N–H and O–H groups in total. The van der Waals surface area contributed by atoms with Crippen LogP contribution in [0.25, 0.3) is 0 Å². The molecule has 0 aliphatic heterocycles. The van der Waals surface area contributed by atoms with E-state index in [9.17, 15) is 9.18 Å². The Hall–Kier alpha value is -2.11. The Morgan fingerprint density at radius 1 is 1.45 bits per heavy atom. The maximum Gasteiger partial charge on any atom is 0.230 e. The second-order valence-corrected chi connectivity index (χ2v) is 4.53. The summed E-state index contributed by atoms with van der Waals surface area (Å²) in [7, 11) is 0. The summed E-state index contributed by atoms with van der Waals surface area (Å²) in [4.78, 5) is 11.9. The molecule has 1 aromatic rings. The summed E-state index contributed by atoms with van der Waals surface area (Å²) in [5, 5.41) is 14.3. The molecule has 0 fully saturated rings. The van der Waals surface area contributed by atoms with Crippen molar-refractivity contribution in [2.75, 3.05) is 6.54 Å². The first-order chi connectivity index (χ1) is 9.58. The zero-order chi connectivity index (χ0) is 15.0. The molecule has 0 aliphatic carbocycles. The standard InChI is InChI=1S/C14H20FN3O2/c1-2-3-12(13(16)18-20)14(19)17-9-8-10-4-6-11(15)7-5-10/h4-7,12,20H,2-3,8-9H2,1H3,(H2,16,18)(H,17,19). The first kappa shape index (κ1) is 15.9. The quantitative estimate of drug-likeness (QED) is 0.307. The van der Waals surface area contributed by atoms with Crippen molar-refractivity contribution in [1.82, 2.24) is 5.32 Å². The van der Waals surface area contributed by atoms with Crippen LogP contribution in [0.3, 0.4) is 0 Å². The lowest BCUT2D eigenvalue weighted by molar-refractivity contribution is -0.123. The molecule has 1 rings (SSSR count). The van der Waals surface area contributed by atoms with Gasteiger partial charge in [0.05, 0.1) is 5.92 Å². The van der Waals surface area contributed by atoms with Crippen molar-refractivity contribution in [2.24, 2.45) is 16.8 Å². The van der Waals surface area contributed by atoms with E-state index in [1.165, 1.54) is 12.1 Å². The third-order valence-corrected chi connectivity index (χ3v) is 2.99. The number of hydrogen-bond acceptors (Lipinski definition) is 3. The Balaban J connectivity index is 2.47. The molecular weight excluding hydrogens is 261 g/mol. The van der Waals surface area contributed by atoms with E-state index in [1.54, 1.807) is 12.1 Å². The predicted octanol–water partition coefficient (Wildman–Crippen LogP) is 1.65. The molecule has 1 atom stereocenters. The molecule has 0 heterocycles. The third-order valence-electron chi connectivity index (χ3n) is 2.99. The van der Waals surface area contributed by atoms with Crippen molar-refractivity contribution in [3.63, 3.8) is 0 Å². The molecule has 0 radical (unpaired) electrons. The van der Waals surface area contributed by atoms with Crippen molar-refractivity contribution < 1.29 is 14.4 Å². The molecule has 0 spiro atoms. The zero-order valence-electron chi connectivity index (χ0n) is 11.5. The van der Waals surface area contributed by atoms with Gasteiger partial charge in [0.25, 0.3) is 0 Å². The number of amides is 1. The maximum absolute atomic E-state index is 12.7. The van der Waals surface area contributed by atoms with Gasteiger partial charge in [-0.3, -0.25) is 4.79 Å². The van der Waals surface area contributed by atoms with Gasteiger partial charge in [-0.1, -0.05) is 30.6 Å². The lowest BCUT2D eigenvalue weighted by Crippen LogP contribution is -2.39. The molecule has 1 aromatic carbocycles. The molecule has 0 aliphatic rings. The van der Waals surface area contributed by atoms with E-state index in [4.69, 9.17) is 10.9 Å². The minimum absolute atomic E-state index is 0.0777. The SMILES string of the molecule is CCCC(C(=O)NCCc1ccc(F)cc1)C(N)=NO. The van der Waals surface area contributed by atoms with Crippen molar-refractivity contribution in [3.05, 3.63) is 35.6 Å². The number of carbonyl (C=O) groups is 1. The number of hydrogen-bond donors (Lipinski definition) is 3. The van der Waals surface area contributed by atoms with Gasteiger partial charge in [0, 0.05) is 6.54 Å². The number of nitrogens with zero attached hydrogens (tertiary/aromatic N) is 1. The summed E-state index contributed by atoms with van der Waals surface area (Å²) >= 11 is 0. The lowest BCUT2D eigenvalue weighted by Gasteiger charge is -2.14. The normalized spacial score (nSPS) is 13.0. The van der Waals surface area contributed by atoms with Crippen LogP contribution in [0.4, 0.5) is 4.39 Å². The van der Waals surface area contributed by atoms with E-state index in [1.807, 2.05) is 6.92 Å². The molecule has 1 unspecified atom stereocenters. The van der Waals surface area contributed by atoms with Gasteiger partial charge in [-0.25, -0.2) is 4.39 Å². The van der Waals surface area contributed by atoms with Crippen LogP contribution in [-0.4, -0.2) is 23.5 Å². The number of halogens is 1. The fraction of sp³-hybridized carbons (Fsp3) is 0.429. The molecule has 5 nitrogen and oxygen atoms in total. The lowest BCUT2D eigenvalue weighted by atomic mass is 10.0. The highest BCUT2D eigenvalue weighted by atomic mass is 19.1. The Morgan fingerprint density at radius 2 is 2.10 bits per heavy atom. The second kappa shape index (κ2) is 8.14. The van der Waals surface area contributed by atoms with Gasteiger partial charge in [0.1, 0.15) is 5.82 Å². The Morgan fingerprint density at radius 3 is 2.65 bits per heavy atom. The summed E-state index contributed by atoms with van der Waals surface area (Å²) in [6.45, 7) is 2.34. The van der Waals surface area contributed by atoms with E-state index < -0.39 is 5.92 Å². The summed E-state index contributed by atoms with van der Waals surface area (Å²) < 4.78 is 12.7. The Labute approximate surface area is 117 Å². The van der Waals surface area contributed by atoms with E-state index >= 15 is 0 Å². The smallest absolute Gasteiger partial charge is 0.230 e. The zero-order valence-corrected chi connectivity index (χ0v) is 11.5. The summed E-state index contributed by atoms with van der Waals surface area (Å²) in [5.74, 6) is -1.23. The number of benzene rings is 1. The van der Waals surface area contributed by atoms with Crippen LogP contribution in [0.2, 0.25) is 0 Å². The molecule has 0 bridgehead atoms. The minimum Gasteiger partial charge on any atom is -0.409 e. The van der Waals surface area contributed by atoms with Gasteiger partial charge in [-0.15, -0.1) is 0 Å². The Bertz CT molecular complexity index is 460. The van der Waals surface area contributed by atoms with Crippen LogP contribution in [0.5, 0.6) is 0 Å². The highest BCUT2D eigenvalue weighted by Gasteiger charge is 2.21. The number of nitrogens with one attached hydrogen (secondary N) is 1. The highest BCUT2D eigenvalue weighted by molar-refractivity contribution is 6.02. The highest BCUT2D eigenvalue weighted by Crippen LogP contribution is 2.07. The average Bonchev–Trinajstić information content (AvgIpc) is 2.46. The third kappa shape index (κ3) is 4.87. The van der Waals surface area contributed by atoms with E-state index in [-0.39, 0.29) is 17.6 Å². The van der Waals surface area contributed by atoms with Crippen LogP contribution >= 0.6 is 0 Å². The number of carbonyl (C=O) groups excluding carboxylic acids is 1. The largest absolute Gasteiger partial charge is 0.409 e. The minimum atomic E-state index is -0.613. The van der Waals surface area contributed by atoms with Gasteiger partial charge >= 0.3 is 0 Å². The number of rotatable bonds is 7. The van der Waals surface area contributed by atoms with Gasteiger partial charge in [-0.05, 0) is 30.5 Å². The fourth-order valence-corrected chi connectivity index (χ4v) is 1.88. The summed E-state index contributed by atoms with van der Waals surface area (Å²) in [6, 6.07) is 6.12. The first-order valence-corrected chi connectivity index (χ1v) is 6.58. The number of amidine groups is 1. The molecule has 0 saturated heterocycles. The molecular formula is C14H20FN3O2. The maximum atomic E-state index is 12.7. The average molecular weight is 281 g/mol. The number of oxime groups is 1. The van der Waals surface area contributed by atoms with Crippen molar-refractivity contribution >= 4 is 11.7 Å². The summed E-state index contributed by atoms with van der Waals surface area (Å²) in [6.07, 6.45) is 1.88. The number of nitrogens with two attached hydrogens (primary N) is 1. The molecule has 110 valence electrons. The van der Waals surface area contributed by atoms with Crippen molar-refractivity contribution in [1.29, 1.82) is 0 Å². The molecule has 1 amide bonds. The van der Waals surface area contributed by atoms with Gasteiger partial charge in [0.2, 0.25) is 5.91 Å². The molecule has 20 heavy (non-hydrogen) atoms. The molecule has 0 aromatic heterocycles. The van der Waals surface area contributed by atoms with E-state index in [0.717, 1.165) is 12.0 Å². The van der Waals surface area contributed by atoms with Gasteiger partial charge in [0.15, 0.2) is 5.84 Å². The van der Waals surface area contributed by atoms with Crippen molar-refractivity contribution in [2.45, 2.75) is 26.2 Å². The summed E-state index contributed by atoms with van der Waals surface area (Å²) in [5.41, 5.74) is 6.43. The molecule has 6 heteroatoms.